The minimum absolute atomic E-state index is 0.366. The van der Waals surface area contributed by atoms with E-state index >= 15 is 0 Å². The molecule has 9 heteroatoms. The van der Waals surface area contributed by atoms with Crippen LogP contribution in [-0.2, 0) is 9.47 Å². The van der Waals surface area contributed by atoms with E-state index in [0.717, 1.165) is 48.5 Å². The first kappa shape index (κ1) is 19.3. The third kappa shape index (κ3) is 3.87. The lowest BCUT2D eigenvalue weighted by Crippen LogP contribution is -2.19. The van der Waals surface area contributed by atoms with Crippen LogP contribution in [0.3, 0.4) is 0 Å². The fourth-order valence-corrected chi connectivity index (χ4v) is 3.75. The van der Waals surface area contributed by atoms with E-state index in [-0.39, 0.29) is 5.97 Å². The fourth-order valence-electron chi connectivity index (χ4n) is 3.75. The topological polar surface area (TPSA) is 95.6 Å². The number of ether oxygens (including phenoxy) is 2. The molecule has 3 aromatic heterocycles. The average molecular weight is 418 g/mol. The number of esters is 1. The van der Waals surface area contributed by atoms with E-state index in [4.69, 9.17) is 9.47 Å². The van der Waals surface area contributed by atoms with Crippen molar-refractivity contribution in [3.63, 3.8) is 0 Å². The molecular weight excluding hydrogens is 396 g/mol. The van der Waals surface area contributed by atoms with E-state index in [9.17, 15) is 4.79 Å². The van der Waals surface area contributed by atoms with Crippen LogP contribution in [0.1, 0.15) is 29.2 Å². The van der Waals surface area contributed by atoms with Gasteiger partial charge in [-0.3, -0.25) is 4.68 Å². The highest BCUT2D eigenvalue weighted by Gasteiger charge is 2.18. The Kier molecular flexibility index (Phi) is 5.09. The first-order valence-electron chi connectivity index (χ1n) is 10.1. The van der Waals surface area contributed by atoms with Crippen molar-refractivity contribution >= 4 is 23.3 Å². The van der Waals surface area contributed by atoms with Crippen LogP contribution in [0.4, 0.5) is 11.6 Å². The van der Waals surface area contributed by atoms with E-state index < -0.39 is 0 Å². The highest BCUT2D eigenvalue weighted by atomic mass is 16.5. The Labute approximate surface area is 178 Å². The summed E-state index contributed by atoms with van der Waals surface area (Å²) in [5.74, 6) is 0.0958. The predicted octanol–water partition coefficient (Wildman–Crippen LogP) is 3.47. The van der Waals surface area contributed by atoms with Crippen molar-refractivity contribution in [2.45, 2.75) is 18.9 Å². The first-order chi connectivity index (χ1) is 15.2. The number of nitrogens with zero attached hydrogens (tertiary/aromatic N) is 5. The number of rotatable bonds is 5. The minimum Gasteiger partial charge on any atom is -0.465 e. The van der Waals surface area contributed by atoms with Crippen LogP contribution in [0.15, 0.2) is 55.0 Å². The molecule has 0 saturated carbocycles. The van der Waals surface area contributed by atoms with Gasteiger partial charge < -0.3 is 14.8 Å². The molecule has 4 heterocycles. The van der Waals surface area contributed by atoms with Crippen molar-refractivity contribution in [3.05, 3.63) is 60.6 Å². The number of carbonyl (C=O) groups is 1. The molecule has 4 aromatic rings. The van der Waals surface area contributed by atoms with E-state index in [1.807, 2.05) is 29.2 Å². The summed E-state index contributed by atoms with van der Waals surface area (Å²) in [6, 6.07) is 11.3. The van der Waals surface area contributed by atoms with Crippen molar-refractivity contribution < 1.29 is 14.3 Å². The van der Waals surface area contributed by atoms with Crippen molar-refractivity contribution in [1.29, 1.82) is 0 Å². The van der Waals surface area contributed by atoms with Gasteiger partial charge in [0.05, 0.1) is 24.9 Å². The van der Waals surface area contributed by atoms with Gasteiger partial charge in [0.2, 0.25) is 5.95 Å². The zero-order valence-corrected chi connectivity index (χ0v) is 17.1. The van der Waals surface area contributed by atoms with Crippen LogP contribution in [-0.4, -0.2) is 50.7 Å². The van der Waals surface area contributed by atoms with Crippen molar-refractivity contribution in [1.82, 2.24) is 24.4 Å². The van der Waals surface area contributed by atoms with E-state index in [0.29, 0.717) is 17.6 Å². The van der Waals surface area contributed by atoms with Crippen molar-refractivity contribution in [2.24, 2.45) is 0 Å². The maximum Gasteiger partial charge on any atom is 0.337 e. The van der Waals surface area contributed by atoms with E-state index in [2.05, 4.69) is 26.7 Å². The van der Waals surface area contributed by atoms with Gasteiger partial charge in [-0.1, -0.05) is 0 Å². The van der Waals surface area contributed by atoms with Crippen LogP contribution < -0.4 is 5.32 Å². The average Bonchev–Trinajstić information content (AvgIpc) is 3.46. The lowest BCUT2D eigenvalue weighted by molar-refractivity contribution is 0.0600. The van der Waals surface area contributed by atoms with Crippen LogP contribution in [0, 0.1) is 0 Å². The molecular formula is C22H22N6O3. The normalized spacial score (nSPS) is 14.6. The first-order valence-corrected chi connectivity index (χ1v) is 10.1. The molecule has 1 N–H and O–H groups in total. The Balaban J connectivity index is 1.40. The molecule has 0 amide bonds. The molecule has 31 heavy (non-hydrogen) atoms. The van der Waals surface area contributed by atoms with Crippen LogP contribution >= 0.6 is 0 Å². The number of aromatic nitrogens is 5. The molecule has 1 aliphatic heterocycles. The molecule has 1 fully saturated rings. The van der Waals surface area contributed by atoms with Gasteiger partial charge in [-0.25, -0.2) is 9.31 Å². The summed E-state index contributed by atoms with van der Waals surface area (Å²) < 4.78 is 14.0. The van der Waals surface area contributed by atoms with E-state index in [1.54, 1.807) is 28.8 Å². The van der Waals surface area contributed by atoms with Gasteiger partial charge >= 0.3 is 5.97 Å². The fraction of sp³-hybridized carbons (Fsp3) is 0.273. The molecule has 1 saturated heterocycles. The summed E-state index contributed by atoms with van der Waals surface area (Å²) in [5, 5.41) is 12.3. The number of fused-ring (bicyclic) bond motifs is 1. The number of benzene rings is 1. The third-order valence-corrected chi connectivity index (χ3v) is 5.40. The third-order valence-electron chi connectivity index (χ3n) is 5.40. The standard InChI is InChI=1S/C22H22N6O3/c1-30-21(29)15-4-6-17(7-5-15)24-22-25-20-19(3-2-10-27(20)26-22)16-13-23-28(14-16)18-8-11-31-12-9-18/h2-7,10,13-14,18H,8-9,11-12H2,1H3,(H,24,26). The summed E-state index contributed by atoms with van der Waals surface area (Å²) >= 11 is 0. The molecule has 0 spiro atoms. The maximum absolute atomic E-state index is 11.6. The molecule has 0 atom stereocenters. The quantitative estimate of drug-likeness (QED) is 0.496. The Morgan fingerprint density at radius 3 is 2.77 bits per heavy atom. The smallest absolute Gasteiger partial charge is 0.337 e. The predicted molar refractivity (Wildman–Crippen MR) is 114 cm³/mol. The zero-order chi connectivity index (χ0) is 21.2. The second-order valence-corrected chi connectivity index (χ2v) is 7.37. The van der Waals surface area contributed by atoms with Gasteiger partial charge in [0, 0.05) is 42.4 Å². The van der Waals surface area contributed by atoms with E-state index in [1.165, 1.54) is 7.11 Å². The second kappa shape index (κ2) is 8.19. The molecule has 0 aliphatic carbocycles. The minimum atomic E-state index is -0.372. The largest absolute Gasteiger partial charge is 0.465 e. The maximum atomic E-state index is 11.6. The van der Waals surface area contributed by atoms with Crippen LogP contribution in [0.25, 0.3) is 16.8 Å². The number of hydrogen-bond acceptors (Lipinski definition) is 7. The number of hydrogen-bond donors (Lipinski definition) is 1. The number of pyridine rings is 1. The second-order valence-electron chi connectivity index (χ2n) is 7.37. The summed E-state index contributed by atoms with van der Waals surface area (Å²) in [4.78, 5) is 16.3. The van der Waals surface area contributed by atoms with Gasteiger partial charge in [-0.15, -0.1) is 5.10 Å². The number of anilines is 2. The van der Waals surface area contributed by atoms with Crippen LogP contribution in [0.2, 0.25) is 0 Å². The molecule has 5 rings (SSSR count). The molecule has 1 aliphatic rings. The number of nitrogens with one attached hydrogen (secondary N) is 1. The summed E-state index contributed by atoms with van der Waals surface area (Å²) in [7, 11) is 1.36. The lowest BCUT2D eigenvalue weighted by atomic mass is 10.1. The molecule has 0 radical (unpaired) electrons. The Morgan fingerprint density at radius 2 is 2.00 bits per heavy atom. The van der Waals surface area contributed by atoms with Crippen LogP contribution in [0.5, 0.6) is 0 Å². The Hall–Kier alpha value is -3.72. The molecule has 9 nitrogen and oxygen atoms in total. The van der Waals surface area contributed by atoms with Gasteiger partial charge in [-0.05, 0) is 49.2 Å². The number of carbonyl (C=O) groups excluding carboxylic acids is 1. The molecule has 158 valence electrons. The van der Waals surface area contributed by atoms with Gasteiger partial charge in [0.15, 0.2) is 5.65 Å². The van der Waals surface area contributed by atoms with Gasteiger partial charge in [0.1, 0.15) is 0 Å². The molecule has 0 unspecified atom stereocenters. The molecule has 0 bridgehead atoms. The lowest BCUT2D eigenvalue weighted by Gasteiger charge is -2.22. The molecule has 1 aromatic carbocycles. The van der Waals surface area contributed by atoms with Gasteiger partial charge in [-0.2, -0.15) is 10.1 Å². The highest BCUT2D eigenvalue weighted by molar-refractivity contribution is 5.89. The summed E-state index contributed by atoms with van der Waals surface area (Å²) in [6.07, 6.45) is 7.75. The van der Waals surface area contributed by atoms with Crippen molar-refractivity contribution in [3.8, 4) is 11.1 Å². The highest BCUT2D eigenvalue weighted by Crippen LogP contribution is 2.27. The van der Waals surface area contributed by atoms with Gasteiger partial charge in [0.25, 0.3) is 0 Å². The Bertz CT molecular complexity index is 1210. The zero-order valence-electron chi connectivity index (χ0n) is 17.1. The monoisotopic (exact) mass is 418 g/mol. The number of methoxy groups -OCH3 is 1. The SMILES string of the molecule is COC(=O)c1ccc(Nc2nc3c(-c4cnn(C5CCOCC5)c4)cccn3n2)cc1. The summed E-state index contributed by atoms with van der Waals surface area (Å²) in [6.45, 7) is 1.55. The van der Waals surface area contributed by atoms with Crippen molar-refractivity contribution in [2.75, 3.05) is 25.6 Å². The Morgan fingerprint density at radius 1 is 1.19 bits per heavy atom. The summed E-state index contributed by atoms with van der Waals surface area (Å²) in [5.41, 5.74) is 3.96.